The molecule has 2 aliphatic heterocycles. The first-order valence-electron chi connectivity index (χ1n) is 13.0. The number of nitrogens with one attached hydrogen (secondary N) is 2. The number of fused-ring (bicyclic) bond motifs is 1. The lowest BCUT2D eigenvalue weighted by molar-refractivity contribution is -0.126. The third-order valence-corrected chi connectivity index (χ3v) is 8.93. The average Bonchev–Trinajstić information content (AvgIpc) is 3.48. The number of hydrogen-bond donors (Lipinski definition) is 2. The van der Waals surface area contributed by atoms with Gasteiger partial charge in [-0.3, -0.25) is 0 Å². The number of nitriles is 1. The molecule has 0 bridgehead atoms. The molecule has 1 aliphatic carbocycles. The van der Waals surface area contributed by atoms with Gasteiger partial charge in [-0.05, 0) is 68.8 Å². The maximum atomic E-state index is 12.9. The molecule has 2 aromatic heterocycles. The summed E-state index contributed by atoms with van der Waals surface area (Å²) < 4.78 is 44.9. The minimum absolute atomic E-state index is 0.121. The largest absolute Gasteiger partial charge is 0.489 e. The van der Waals surface area contributed by atoms with Crippen LogP contribution in [-0.4, -0.2) is 54.5 Å². The molecular formula is C27H29F3N6OS. The predicted molar refractivity (Wildman–Crippen MR) is 141 cm³/mol. The first kappa shape index (κ1) is 25.2. The summed E-state index contributed by atoms with van der Waals surface area (Å²) in [6.07, 6.45) is 1.28. The zero-order valence-corrected chi connectivity index (χ0v) is 21.7. The van der Waals surface area contributed by atoms with Crippen molar-refractivity contribution in [1.82, 2.24) is 15.3 Å². The Morgan fingerprint density at radius 2 is 2.03 bits per heavy atom. The van der Waals surface area contributed by atoms with E-state index in [2.05, 4.69) is 31.6 Å². The van der Waals surface area contributed by atoms with Gasteiger partial charge in [0.2, 0.25) is 0 Å². The third-order valence-electron chi connectivity index (χ3n) is 7.88. The number of rotatable bonds is 6. The number of halogens is 3. The van der Waals surface area contributed by atoms with E-state index in [1.165, 1.54) is 6.33 Å². The monoisotopic (exact) mass is 542 g/mol. The molecule has 0 atom stereocenters. The normalized spacial score (nSPS) is 23.9. The van der Waals surface area contributed by atoms with Crippen LogP contribution in [0.3, 0.4) is 0 Å². The van der Waals surface area contributed by atoms with Crippen molar-refractivity contribution in [3.05, 3.63) is 41.0 Å². The molecular weight excluding hydrogens is 513 g/mol. The van der Waals surface area contributed by atoms with Gasteiger partial charge in [0.15, 0.2) is 0 Å². The quantitative estimate of drug-likeness (QED) is 0.439. The maximum Gasteiger partial charge on any atom is 0.393 e. The van der Waals surface area contributed by atoms with Crippen molar-refractivity contribution >= 4 is 33.1 Å². The number of aromatic nitrogens is 2. The Morgan fingerprint density at radius 3 is 2.79 bits per heavy atom. The number of alkyl halides is 3. The van der Waals surface area contributed by atoms with E-state index in [-0.39, 0.29) is 16.4 Å². The number of ether oxygens (including phenoxy) is 1. The number of anilines is 2. The Bertz CT molecular complexity index is 1360. The molecule has 11 heteroatoms. The summed E-state index contributed by atoms with van der Waals surface area (Å²) >= 11 is 1.09. The van der Waals surface area contributed by atoms with Crippen LogP contribution in [0.15, 0.2) is 30.6 Å². The fourth-order valence-corrected chi connectivity index (χ4v) is 7.12. The van der Waals surface area contributed by atoms with Crippen LogP contribution in [0.2, 0.25) is 0 Å². The molecule has 200 valence electrons. The number of thiophene rings is 1. The third kappa shape index (κ3) is 5.24. The fourth-order valence-electron chi connectivity index (χ4n) is 6.10. The van der Waals surface area contributed by atoms with Crippen LogP contribution in [0.1, 0.15) is 42.5 Å². The maximum absolute atomic E-state index is 12.9. The van der Waals surface area contributed by atoms with Crippen molar-refractivity contribution in [3.8, 4) is 11.8 Å². The summed E-state index contributed by atoms with van der Waals surface area (Å²) in [4.78, 5) is 11.8. The van der Waals surface area contributed by atoms with Gasteiger partial charge in [-0.1, -0.05) is 0 Å². The van der Waals surface area contributed by atoms with E-state index >= 15 is 0 Å². The van der Waals surface area contributed by atoms with Crippen molar-refractivity contribution in [2.45, 2.75) is 56.8 Å². The van der Waals surface area contributed by atoms with Crippen LogP contribution in [0.25, 0.3) is 10.2 Å². The average molecular weight is 543 g/mol. The number of nitrogens with zero attached hydrogens (tertiary/aromatic N) is 4. The molecule has 7 nitrogen and oxygen atoms in total. The van der Waals surface area contributed by atoms with Crippen LogP contribution in [-0.2, 0) is 6.42 Å². The van der Waals surface area contributed by atoms with Crippen molar-refractivity contribution in [2.75, 3.05) is 36.4 Å². The van der Waals surface area contributed by atoms with Crippen LogP contribution in [0, 0.1) is 16.7 Å². The van der Waals surface area contributed by atoms with Crippen molar-refractivity contribution < 1.29 is 17.9 Å². The highest BCUT2D eigenvalue weighted by Gasteiger charge is 2.49. The molecule has 3 fully saturated rings. The molecule has 1 saturated carbocycles. The summed E-state index contributed by atoms with van der Waals surface area (Å²) in [5, 5.41) is 17.2. The SMILES string of the molecule is N#Cc1ccc(NC2CC3(CCN(c4ncnc5sc(CC(F)(F)F)cc45)C3)C2)cc1OC1CCNCC1. The summed E-state index contributed by atoms with van der Waals surface area (Å²) in [7, 11) is 0. The summed E-state index contributed by atoms with van der Waals surface area (Å²) in [6.45, 7) is 3.51. The van der Waals surface area contributed by atoms with E-state index < -0.39 is 12.6 Å². The lowest BCUT2D eigenvalue weighted by Crippen LogP contribution is -2.46. The Hall–Kier alpha value is -3.10. The van der Waals surface area contributed by atoms with Crippen LogP contribution in [0.4, 0.5) is 24.7 Å². The second-order valence-electron chi connectivity index (χ2n) is 10.7. The molecule has 4 heterocycles. The second kappa shape index (κ2) is 9.89. The second-order valence-corrected chi connectivity index (χ2v) is 11.8. The highest BCUT2D eigenvalue weighted by molar-refractivity contribution is 7.18. The summed E-state index contributed by atoms with van der Waals surface area (Å²) in [6, 6.07) is 9.86. The molecule has 0 unspecified atom stereocenters. The van der Waals surface area contributed by atoms with Crippen LogP contribution >= 0.6 is 11.3 Å². The number of hydrogen-bond acceptors (Lipinski definition) is 8. The molecule has 1 aromatic carbocycles. The molecule has 2 N–H and O–H groups in total. The lowest BCUT2D eigenvalue weighted by atomic mass is 9.65. The van der Waals surface area contributed by atoms with E-state index in [9.17, 15) is 18.4 Å². The van der Waals surface area contributed by atoms with Gasteiger partial charge in [0, 0.05) is 35.8 Å². The number of benzene rings is 1. The van der Waals surface area contributed by atoms with Crippen LogP contribution < -0.4 is 20.3 Å². The topological polar surface area (TPSA) is 86.1 Å². The zero-order valence-electron chi connectivity index (χ0n) is 20.9. The first-order chi connectivity index (χ1) is 18.3. The Labute approximate surface area is 223 Å². The van der Waals surface area contributed by atoms with Gasteiger partial charge in [-0.2, -0.15) is 18.4 Å². The standard InChI is InChI=1S/C27H29F3N6OS/c28-27(29,30)13-21-10-22-24(33-16-34-25(22)38-21)36-8-5-26(15-36)11-19(12-26)35-18-2-1-17(14-31)23(9-18)37-20-3-6-32-7-4-20/h1-2,9-10,16,19-20,32,35H,3-8,11-13,15H2. The first-order valence-corrected chi connectivity index (χ1v) is 13.8. The summed E-state index contributed by atoms with van der Waals surface area (Å²) in [5.41, 5.74) is 1.67. The minimum Gasteiger partial charge on any atom is -0.489 e. The van der Waals surface area contributed by atoms with Gasteiger partial charge in [0.05, 0.1) is 17.4 Å². The molecule has 0 amide bonds. The smallest absolute Gasteiger partial charge is 0.393 e. The van der Waals surface area contributed by atoms with Gasteiger partial charge in [0.1, 0.15) is 34.9 Å². The van der Waals surface area contributed by atoms with Gasteiger partial charge in [-0.25, -0.2) is 9.97 Å². The molecule has 0 radical (unpaired) electrons. The highest BCUT2D eigenvalue weighted by Crippen LogP contribution is 2.50. The van der Waals surface area contributed by atoms with E-state index in [4.69, 9.17) is 4.74 Å². The highest BCUT2D eigenvalue weighted by atomic mass is 32.1. The van der Waals surface area contributed by atoms with Crippen molar-refractivity contribution in [3.63, 3.8) is 0 Å². The molecule has 6 rings (SSSR count). The Kier molecular flexibility index (Phi) is 6.56. The molecule has 3 aliphatic rings. The molecule has 38 heavy (non-hydrogen) atoms. The predicted octanol–water partition coefficient (Wildman–Crippen LogP) is 5.27. The van der Waals surface area contributed by atoms with E-state index in [1.807, 2.05) is 18.2 Å². The van der Waals surface area contributed by atoms with Crippen molar-refractivity contribution in [1.29, 1.82) is 5.26 Å². The number of piperidine rings is 1. The van der Waals surface area contributed by atoms with Gasteiger partial charge < -0.3 is 20.3 Å². The molecule has 2 saturated heterocycles. The van der Waals surface area contributed by atoms with Crippen molar-refractivity contribution in [2.24, 2.45) is 5.41 Å². The Morgan fingerprint density at radius 1 is 1.21 bits per heavy atom. The lowest BCUT2D eigenvalue weighted by Gasteiger charge is -2.46. The molecule has 1 spiro atoms. The minimum atomic E-state index is -4.24. The van der Waals surface area contributed by atoms with Crippen LogP contribution in [0.5, 0.6) is 5.75 Å². The Balaban J connectivity index is 1.09. The van der Waals surface area contributed by atoms with Gasteiger partial charge in [-0.15, -0.1) is 11.3 Å². The van der Waals surface area contributed by atoms with Gasteiger partial charge in [0.25, 0.3) is 0 Å². The molecule has 3 aromatic rings. The van der Waals surface area contributed by atoms with E-state index in [0.717, 1.165) is 81.1 Å². The van der Waals surface area contributed by atoms with Gasteiger partial charge >= 0.3 is 6.18 Å². The summed E-state index contributed by atoms with van der Waals surface area (Å²) in [5.74, 6) is 1.37. The van der Waals surface area contributed by atoms with E-state index in [1.54, 1.807) is 6.07 Å². The van der Waals surface area contributed by atoms with E-state index in [0.29, 0.717) is 27.6 Å². The fraction of sp³-hybridized carbons (Fsp3) is 0.519. The zero-order chi connectivity index (χ0) is 26.3.